The van der Waals surface area contributed by atoms with E-state index in [-0.39, 0.29) is 11.6 Å². The third-order valence-corrected chi connectivity index (χ3v) is 7.76. The molecule has 8 heteroatoms. The van der Waals surface area contributed by atoms with Crippen molar-refractivity contribution in [1.29, 1.82) is 0 Å². The van der Waals surface area contributed by atoms with Gasteiger partial charge in [0.05, 0.1) is 11.0 Å². The fourth-order valence-electron chi connectivity index (χ4n) is 5.68. The highest BCUT2D eigenvalue weighted by Gasteiger charge is 2.34. The SMILES string of the molecule is CCCN1CCN(C2CCN(C(=O)C(c3ccccc3)n3c(=O)[nH]c4ccc(Cl)cc43)CC2)CC1. The fourth-order valence-corrected chi connectivity index (χ4v) is 5.85. The van der Waals surface area contributed by atoms with Gasteiger partial charge in [-0.05, 0) is 49.6 Å². The molecule has 2 fully saturated rings. The van der Waals surface area contributed by atoms with Crippen molar-refractivity contribution >= 4 is 28.5 Å². The lowest BCUT2D eigenvalue weighted by molar-refractivity contribution is -0.135. The van der Waals surface area contributed by atoms with Gasteiger partial charge in [0.25, 0.3) is 0 Å². The number of carbonyl (C=O) groups is 1. The van der Waals surface area contributed by atoms with Gasteiger partial charge in [0, 0.05) is 50.3 Å². The van der Waals surface area contributed by atoms with Crippen LogP contribution >= 0.6 is 11.6 Å². The lowest BCUT2D eigenvalue weighted by Crippen LogP contribution is -2.54. The van der Waals surface area contributed by atoms with Crippen molar-refractivity contribution in [2.75, 3.05) is 45.8 Å². The highest BCUT2D eigenvalue weighted by molar-refractivity contribution is 6.31. The number of benzene rings is 2. The maximum absolute atomic E-state index is 14.0. The molecule has 1 atom stereocenters. The predicted octanol–water partition coefficient (Wildman–Crippen LogP) is 3.59. The quantitative estimate of drug-likeness (QED) is 0.567. The van der Waals surface area contributed by atoms with Gasteiger partial charge >= 0.3 is 5.69 Å². The molecule has 2 saturated heterocycles. The summed E-state index contributed by atoms with van der Waals surface area (Å²) < 4.78 is 1.57. The Morgan fingerprint density at radius 2 is 1.74 bits per heavy atom. The average molecular weight is 496 g/mol. The number of halogens is 1. The number of likely N-dealkylation sites (tertiary alicyclic amines) is 1. The van der Waals surface area contributed by atoms with Crippen molar-refractivity contribution < 1.29 is 4.79 Å². The summed E-state index contributed by atoms with van der Waals surface area (Å²) in [5.41, 5.74) is 1.82. The monoisotopic (exact) mass is 495 g/mol. The molecule has 5 rings (SSSR count). The molecule has 3 heterocycles. The van der Waals surface area contributed by atoms with Gasteiger partial charge in [0.15, 0.2) is 0 Å². The van der Waals surface area contributed by atoms with Crippen molar-refractivity contribution in [1.82, 2.24) is 24.3 Å². The molecule has 0 spiro atoms. The van der Waals surface area contributed by atoms with E-state index in [2.05, 4.69) is 21.7 Å². The van der Waals surface area contributed by atoms with Gasteiger partial charge in [-0.1, -0.05) is 48.9 Å². The van der Waals surface area contributed by atoms with Crippen LogP contribution in [0, 0.1) is 0 Å². The molecular weight excluding hydrogens is 462 g/mol. The lowest BCUT2D eigenvalue weighted by Gasteiger charge is -2.43. The van der Waals surface area contributed by atoms with Crippen molar-refractivity contribution in [3.8, 4) is 0 Å². The summed E-state index contributed by atoms with van der Waals surface area (Å²) in [6, 6.07) is 14.7. The molecule has 0 aliphatic carbocycles. The number of nitrogens with zero attached hydrogens (tertiary/aromatic N) is 4. The van der Waals surface area contributed by atoms with E-state index in [1.54, 1.807) is 22.8 Å². The van der Waals surface area contributed by atoms with E-state index in [1.807, 2.05) is 35.2 Å². The second-order valence-electron chi connectivity index (χ2n) is 9.71. The molecule has 35 heavy (non-hydrogen) atoms. The number of aromatic nitrogens is 2. The zero-order valence-electron chi connectivity index (χ0n) is 20.3. The highest BCUT2D eigenvalue weighted by atomic mass is 35.5. The standard InChI is InChI=1S/C27H34ClN5O2/c1-2-12-30-15-17-31(18-16-30)22-10-13-32(14-11-22)26(34)25(20-6-4-3-5-7-20)33-24-19-21(28)8-9-23(24)29-27(33)35/h3-9,19,22,25H,2,10-18H2,1H3,(H,29,35). The summed E-state index contributed by atoms with van der Waals surface area (Å²) in [4.78, 5) is 37.0. The van der Waals surface area contributed by atoms with Gasteiger partial charge in [-0.15, -0.1) is 0 Å². The van der Waals surface area contributed by atoms with E-state index >= 15 is 0 Å². The minimum absolute atomic E-state index is 0.0367. The number of rotatable bonds is 6. The molecular formula is C27H34ClN5O2. The average Bonchev–Trinajstić information content (AvgIpc) is 3.20. The molecule has 0 bridgehead atoms. The van der Waals surface area contributed by atoms with Crippen LogP contribution in [0.1, 0.15) is 37.8 Å². The first kappa shape index (κ1) is 24.1. The van der Waals surface area contributed by atoms with E-state index in [0.29, 0.717) is 35.2 Å². The molecule has 1 aromatic heterocycles. The molecule has 0 saturated carbocycles. The fraction of sp³-hybridized carbons (Fsp3) is 0.481. The van der Waals surface area contributed by atoms with Crippen molar-refractivity contribution in [2.24, 2.45) is 0 Å². The first-order chi connectivity index (χ1) is 17.0. The highest BCUT2D eigenvalue weighted by Crippen LogP contribution is 2.28. The van der Waals surface area contributed by atoms with Crippen LogP contribution in [-0.4, -0.2) is 82.0 Å². The van der Waals surface area contributed by atoms with Gasteiger partial charge in [-0.3, -0.25) is 14.3 Å². The molecule has 0 radical (unpaired) electrons. The van der Waals surface area contributed by atoms with Crippen LogP contribution in [0.2, 0.25) is 5.02 Å². The number of nitrogens with one attached hydrogen (secondary N) is 1. The summed E-state index contributed by atoms with van der Waals surface area (Å²) >= 11 is 6.26. The number of amides is 1. The summed E-state index contributed by atoms with van der Waals surface area (Å²) in [7, 11) is 0. The number of piperidine rings is 1. The molecule has 1 amide bonds. The lowest BCUT2D eigenvalue weighted by atomic mass is 9.99. The maximum atomic E-state index is 14.0. The number of hydrogen-bond donors (Lipinski definition) is 1. The van der Waals surface area contributed by atoms with Crippen LogP contribution in [0.5, 0.6) is 0 Å². The Labute approximate surface area is 211 Å². The van der Waals surface area contributed by atoms with Crippen LogP contribution in [0.25, 0.3) is 11.0 Å². The first-order valence-corrected chi connectivity index (χ1v) is 13.1. The van der Waals surface area contributed by atoms with Crippen molar-refractivity contribution in [2.45, 2.75) is 38.3 Å². The summed E-state index contributed by atoms with van der Waals surface area (Å²) in [6.45, 7) is 9.32. The van der Waals surface area contributed by atoms with Gasteiger partial charge in [-0.2, -0.15) is 0 Å². The largest absolute Gasteiger partial charge is 0.340 e. The number of imidazole rings is 1. The number of piperazine rings is 1. The van der Waals surface area contributed by atoms with Crippen molar-refractivity contribution in [3.63, 3.8) is 0 Å². The zero-order chi connectivity index (χ0) is 24.4. The second kappa shape index (κ2) is 10.6. The van der Waals surface area contributed by atoms with E-state index in [1.165, 1.54) is 13.0 Å². The molecule has 2 aromatic carbocycles. The number of carbonyl (C=O) groups excluding carboxylic acids is 1. The Bertz CT molecular complexity index is 1210. The molecule has 2 aliphatic rings. The van der Waals surface area contributed by atoms with E-state index in [4.69, 9.17) is 11.6 Å². The Kier molecular flexibility index (Phi) is 7.27. The first-order valence-electron chi connectivity index (χ1n) is 12.7. The topological polar surface area (TPSA) is 64.6 Å². The predicted molar refractivity (Wildman–Crippen MR) is 140 cm³/mol. The number of fused-ring (bicyclic) bond motifs is 1. The van der Waals surface area contributed by atoms with Gasteiger partial charge in [0.1, 0.15) is 6.04 Å². The Balaban J connectivity index is 1.35. The number of hydrogen-bond acceptors (Lipinski definition) is 4. The number of H-pyrrole nitrogens is 1. The summed E-state index contributed by atoms with van der Waals surface area (Å²) in [6.07, 6.45) is 3.14. The van der Waals surface area contributed by atoms with Crippen LogP contribution in [-0.2, 0) is 4.79 Å². The maximum Gasteiger partial charge on any atom is 0.327 e. The normalized spacial score (nSPS) is 19.3. The summed E-state index contributed by atoms with van der Waals surface area (Å²) in [5.74, 6) is -0.0367. The Morgan fingerprint density at radius 3 is 2.43 bits per heavy atom. The van der Waals surface area contributed by atoms with Crippen LogP contribution in [0.4, 0.5) is 0 Å². The smallest absolute Gasteiger partial charge is 0.327 e. The zero-order valence-corrected chi connectivity index (χ0v) is 21.1. The van der Waals surface area contributed by atoms with Gasteiger partial charge in [-0.25, -0.2) is 4.79 Å². The summed E-state index contributed by atoms with van der Waals surface area (Å²) in [5, 5.41) is 0.532. The molecule has 7 nitrogen and oxygen atoms in total. The molecule has 2 aliphatic heterocycles. The Hall–Kier alpha value is -2.61. The minimum Gasteiger partial charge on any atom is -0.340 e. The Morgan fingerprint density at radius 1 is 1.03 bits per heavy atom. The molecule has 1 N–H and O–H groups in total. The third kappa shape index (κ3) is 5.03. The van der Waals surface area contributed by atoms with Crippen LogP contribution < -0.4 is 5.69 Å². The van der Waals surface area contributed by atoms with Crippen LogP contribution in [0.3, 0.4) is 0 Å². The van der Waals surface area contributed by atoms with Gasteiger partial charge < -0.3 is 14.8 Å². The van der Waals surface area contributed by atoms with E-state index in [9.17, 15) is 9.59 Å². The minimum atomic E-state index is -0.731. The molecule has 3 aromatic rings. The van der Waals surface area contributed by atoms with Crippen LogP contribution in [0.15, 0.2) is 53.3 Å². The van der Waals surface area contributed by atoms with Crippen molar-refractivity contribution in [3.05, 3.63) is 69.6 Å². The van der Waals surface area contributed by atoms with E-state index in [0.717, 1.165) is 44.6 Å². The number of aromatic amines is 1. The van der Waals surface area contributed by atoms with E-state index < -0.39 is 6.04 Å². The van der Waals surface area contributed by atoms with Gasteiger partial charge in [0.2, 0.25) is 5.91 Å². The second-order valence-corrected chi connectivity index (χ2v) is 10.1. The third-order valence-electron chi connectivity index (χ3n) is 7.53. The molecule has 1 unspecified atom stereocenters. The molecule has 186 valence electrons.